The van der Waals surface area contributed by atoms with E-state index in [0.29, 0.717) is 0 Å². The fourth-order valence-electron chi connectivity index (χ4n) is 2.97. The van der Waals surface area contributed by atoms with Crippen molar-refractivity contribution >= 4 is 17.1 Å². The topological polar surface area (TPSA) is 29.3 Å². The molecule has 4 rings (SSSR count). The van der Waals surface area contributed by atoms with E-state index < -0.39 is 0 Å². The monoisotopic (exact) mass is 214 g/mol. The molecular weight excluding hydrogens is 200 g/mol. The number of oxazole rings is 1. The highest BCUT2D eigenvalue weighted by Crippen LogP contribution is 2.52. The summed E-state index contributed by atoms with van der Waals surface area (Å²) in [4.78, 5) is 6.82. The number of hydrogen-bond donors (Lipinski definition) is 0. The number of para-hydroxylation sites is 2. The van der Waals surface area contributed by atoms with E-state index >= 15 is 0 Å². The molecule has 82 valence electrons. The molecule has 1 saturated heterocycles. The maximum atomic E-state index is 5.77. The first-order valence-corrected chi connectivity index (χ1v) is 5.93. The number of nitrogens with zero attached hydrogens (tertiary/aromatic N) is 2. The molecule has 1 aromatic carbocycles. The van der Waals surface area contributed by atoms with Gasteiger partial charge < -0.3 is 9.32 Å². The molecule has 1 saturated carbocycles. The molecule has 2 atom stereocenters. The Balaban J connectivity index is 1.68. The highest BCUT2D eigenvalue weighted by molar-refractivity contribution is 5.74. The molecule has 16 heavy (non-hydrogen) atoms. The van der Waals surface area contributed by atoms with Crippen LogP contribution in [0.2, 0.25) is 0 Å². The third kappa shape index (κ3) is 1.06. The van der Waals surface area contributed by atoms with Crippen LogP contribution in [0, 0.1) is 17.8 Å². The molecule has 2 heterocycles. The Morgan fingerprint density at radius 1 is 1.25 bits per heavy atom. The average Bonchev–Trinajstić information content (AvgIpc) is 2.80. The first-order valence-electron chi connectivity index (χ1n) is 5.93. The van der Waals surface area contributed by atoms with E-state index in [1.54, 1.807) is 0 Å². The van der Waals surface area contributed by atoms with Crippen LogP contribution in [0.5, 0.6) is 0 Å². The Morgan fingerprint density at radius 3 is 2.75 bits per heavy atom. The van der Waals surface area contributed by atoms with Crippen molar-refractivity contribution < 1.29 is 4.42 Å². The van der Waals surface area contributed by atoms with Crippen LogP contribution in [-0.2, 0) is 0 Å². The zero-order valence-corrected chi connectivity index (χ0v) is 9.26. The van der Waals surface area contributed by atoms with Gasteiger partial charge in [0, 0.05) is 13.1 Å². The molecular formula is C13H14N2O. The minimum atomic E-state index is 0.806. The number of benzene rings is 1. The van der Waals surface area contributed by atoms with E-state index in [0.717, 1.165) is 48.0 Å². The minimum Gasteiger partial charge on any atom is -0.423 e. The van der Waals surface area contributed by atoms with Gasteiger partial charge in [0.25, 0.3) is 6.01 Å². The number of aromatic nitrogens is 1. The normalized spacial score (nSPS) is 32.1. The molecule has 2 fully saturated rings. The van der Waals surface area contributed by atoms with Crippen LogP contribution in [0.15, 0.2) is 28.7 Å². The van der Waals surface area contributed by atoms with Crippen LogP contribution < -0.4 is 4.90 Å². The SMILES string of the molecule is CC1C2CN(c3nc4ccccc4o3)CC12. The van der Waals surface area contributed by atoms with Gasteiger partial charge in [0.05, 0.1) is 0 Å². The molecule has 0 bridgehead atoms. The van der Waals surface area contributed by atoms with Crippen molar-refractivity contribution in [2.75, 3.05) is 18.0 Å². The number of hydrogen-bond acceptors (Lipinski definition) is 3. The van der Waals surface area contributed by atoms with Crippen LogP contribution in [0.4, 0.5) is 6.01 Å². The van der Waals surface area contributed by atoms with Gasteiger partial charge in [-0.3, -0.25) is 0 Å². The van der Waals surface area contributed by atoms with Crippen molar-refractivity contribution in [3.8, 4) is 0 Å². The fraction of sp³-hybridized carbons (Fsp3) is 0.462. The summed E-state index contributed by atoms with van der Waals surface area (Å²) in [7, 11) is 0. The van der Waals surface area contributed by atoms with E-state index in [9.17, 15) is 0 Å². The molecule has 2 aromatic rings. The lowest BCUT2D eigenvalue weighted by molar-refractivity contribution is 0.559. The molecule has 3 nitrogen and oxygen atoms in total. The van der Waals surface area contributed by atoms with E-state index in [1.165, 1.54) is 0 Å². The second-order valence-electron chi connectivity index (χ2n) is 5.06. The summed E-state index contributed by atoms with van der Waals surface area (Å²) in [6.45, 7) is 4.59. The molecule has 0 spiro atoms. The lowest BCUT2D eigenvalue weighted by atomic mass is 10.3. The van der Waals surface area contributed by atoms with Crippen molar-refractivity contribution in [1.29, 1.82) is 0 Å². The first kappa shape index (κ1) is 8.62. The number of piperidine rings is 1. The zero-order chi connectivity index (χ0) is 10.7. The lowest BCUT2D eigenvalue weighted by Gasteiger charge is -2.15. The molecule has 2 aliphatic rings. The summed E-state index contributed by atoms with van der Waals surface area (Å²) in [5.41, 5.74) is 1.86. The van der Waals surface area contributed by atoms with E-state index in [1.807, 2.05) is 24.3 Å². The van der Waals surface area contributed by atoms with Gasteiger partial charge in [0.2, 0.25) is 0 Å². The van der Waals surface area contributed by atoms with Crippen LogP contribution in [0.3, 0.4) is 0 Å². The summed E-state index contributed by atoms with van der Waals surface area (Å²) in [5.74, 6) is 2.69. The van der Waals surface area contributed by atoms with Crippen molar-refractivity contribution in [1.82, 2.24) is 4.98 Å². The molecule has 0 N–H and O–H groups in total. The predicted molar refractivity (Wildman–Crippen MR) is 62.4 cm³/mol. The molecule has 2 unspecified atom stereocenters. The maximum Gasteiger partial charge on any atom is 0.298 e. The van der Waals surface area contributed by atoms with Crippen molar-refractivity contribution in [2.24, 2.45) is 17.8 Å². The first-order chi connectivity index (χ1) is 7.83. The standard InChI is InChI=1S/C13H14N2O/c1-8-9-6-15(7-10(8)9)13-14-11-4-2-3-5-12(11)16-13/h2-5,8-10H,6-7H2,1H3. The second kappa shape index (κ2) is 2.78. The average molecular weight is 214 g/mol. The minimum absolute atomic E-state index is 0.806. The van der Waals surface area contributed by atoms with Crippen LogP contribution in [0.1, 0.15) is 6.92 Å². The Hall–Kier alpha value is -1.51. The fourth-order valence-corrected chi connectivity index (χ4v) is 2.97. The van der Waals surface area contributed by atoms with Crippen LogP contribution in [0.25, 0.3) is 11.1 Å². The van der Waals surface area contributed by atoms with Crippen molar-refractivity contribution in [3.63, 3.8) is 0 Å². The Morgan fingerprint density at radius 2 is 2.00 bits per heavy atom. The van der Waals surface area contributed by atoms with Crippen LogP contribution in [-0.4, -0.2) is 18.1 Å². The largest absolute Gasteiger partial charge is 0.423 e. The zero-order valence-electron chi connectivity index (χ0n) is 9.26. The van der Waals surface area contributed by atoms with Crippen molar-refractivity contribution in [2.45, 2.75) is 6.92 Å². The molecule has 1 aliphatic carbocycles. The highest BCUT2D eigenvalue weighted by atomic mass is 16.4. The lowest BCUT2D eigenvalue weighted by Crippen LogP contribution is -2.23. The molecule has 0 amide bonds. The van der Waals surface area contributed by atoms with Gasteiger partial charge in [-0.05, 0) is 29.9 Å². The van der Waals surface area contributed by atoms with Gasteiger partial charge in [0.1, 0.15) is 5.52 Å². The highest BCUT2D eigenvalue weighted by Gasteiger charge is 2.53. The summed E-state index contributed by atoms with van der Waals surface area (Å²) in [5, 5.41) is 0. The van der Waals surface area contributed by atoms with E-state index in [4.69, 9.17) is 4.42 Å². The van der Waals surface area contributed by atoms with Gasteiger partial charge in [0.15, 0.2) is 5.58 Å². The summed E-state index contributed by atoms with van der Waals surface area (Å²) in [6.07, 6.45) is 0. The molecule has 1 aromatic heterocycles. The van der Waals surface area contributed by atoms with Gasteiger partial charge >= 0.3 is 0 Å². The smallest absolute Gasteiger partial charge is 0.298 e. The number of rotatable bonds is 1. The van der Waals surface area contributed by atoms with Crippen molar-refractivity contribution in [3.05, 3.63) is 24.3 Å². The molecule has 3 heteroatoms. The van der Waals surface area contributed by atoms with Gasteiger partial charge in [-0.25, -0.2) is 0 Å². The number of fused-ring (bicyclic) bond motifs is 2. The third-order valence-corrected chi connectivity index (χ3v) is 4.18. The van der Waals surface area contributed by atoms with Gasteiger partial charge in [-0.15, -0.1) is 0 Å². The third-order valence-electron chi connectivity index (χ3n) is 4.18. The maximum absolute atomic E-state index is 5.77. The quantitative estimate of drug-likeness (QED) is 0.730. The summed E-state index contributed by atoms with van der Waals surface area (Å²) < 4.78 is 5.77. The predicted octanol–water partition coefficient (Wildman–Crippen LogP) is 2.53. The number of anilines is 1. The van der Waals surface area contributed by atoms with E-state index in [-0.39, 0.29) is 0 Å². The van der Waals surface area contributed by atoms with Gasteiger partial charge in [-0.1, -0.05) is 19.1 Å². The molecule has 0 radical (unpaired) electrons. The summed E-state index contributed by atoms with van der Waals surface area (Å²) >= 11 is 0. The Bertz CT molecular complexity index is 503. The second-order valence-corrected chi connectivity index (χ2v) is 5.06. The van der Waals surface area contributed by atoms with Crippen LogP contribution >= 0.6 is 0 Å². The molecule has 1 aliphatic heterocycles. The summed E-state index contributed by atoms with van der Waals surface area (Å²) in [6, 6.07) is 8.77. The van der Waals surface area contributed by atoms with Gasteiger partial charge in [-0.2, -0.15) is 4.98 Å². The van der Waals surface area contributed by atoms with E-state index in [2.05, 4.69) is 16.8 Å². The Kier molecular flexibility index (Phi) is 1.50. The Labute approximate surface area is 94.1 Å².